The van der Waals surface area contributed by atoms with Crippen molar-refractivity contribution in [1.82, 2.24) is 14.2 Å². The van der Waals surface area contributed by atoms with Crippen molar-refractivity contribution in [3.8, 4) is 0 Å². The van der Waals surface area contributed by atoms with E-state index in [0.717, 1.165) is 0 Å². The Bertz CT molecular complexity index is 1140. The number of aromatic amines is 1. The van der Waals surface area contributed by atoms with Gasteiger partial charge < -0.3 is 32.7 Å². The summed E-state index contributed by atoms with van der Waals surface area (Å²) >= 11 is 0. The Morgan fingerprint density at radius 2 is 1.80 bits per heavy atom. The minimum Gasteiger partial charge on any atom is -0.382 e. The molecule has 0 saturated carbocycles. The molecule has 0 aliphatic carbocycles. The standard InChI is InChI=1S/C26H46N4O8P2/c1-17(2)30(18(3)4)39(36-12-11-27-7)38-22-21(20(6)16-40(9,10)33)37-25(23(22)35-14-13-34-8)29-15-19(5)24(31)28-26(29)32/h15,17-18,20-23,25H,11-14,16H2,1-6,8-10H3,(H,28,31,32)/t20-,21+,22+,23+,25+,39?/m0/s1. The molecule has 1 saturated heterocycles. The van der Waals surface area contributed by atoms with Gasteiger partial charge in [0.05, 0.1) is 26.5 Å². The van der Waals surface area contributed by atoms with Gasteiger partial charge in [-0.2, -0.15) is 0 Å². The zero-order chi connectivity index (χ0) is 30.2. The van der Waals surface area contributed by atoms with E-state index in [1.807, 2.05) is 34.6 Å². The van der Waals surface area contributed by atoms with E-state index in [2.05, 4.69) is 14.5 Å². The number of methoxy groups -OCH3 is 1. The lowest BCUT2D eigenvalue weighted by Gasteiger charge is -2.38. The van der Waals surface area contributed by atoms with Gasteiger partial charge in [0, 0.05) is 37.1 Å². The molecule has 12 nitrogen and oxygen atoms in total. The molecule has 0 bridgehead atoms. The Hall–Kier alpha value is -1.41. The summed E-state index contributed by atoms with van der Waals surface area (Å²) < 4.78 is 47.3. The van der Waals surface area contributed by atoms with E-state index in [1.54, 1.807) is 27.4 Å². The first-order valence-electron chi connectivity index (χ1n) is 13.5. The van der Waals surface area contributed by atoms with Crippen LogP contribution in [0.5, 0.6) is 0 Å². The highest BCUT2D eigenvalue weighted by atomic mass is 31.2. The predicted molar refractivity (Wildman–Crippen MR) is 156 cm³/mol. The normalized spacial score (nSPS) is 23.2. The van der Waals surface area contributed by atoms with Crippen molar-refractivity contribution in [2.75, 3.05) is 53.0 Å². The molecule has 1 N–H and O–H groups in total. The molecule has 0 radical (unpaired) electrons. The fourth-order valence-corrected chi connectivity index (χ4v) is 8.22. The fraction of sp³-hybridized carbons (Fsp3) is 0.808. The number of aryl methyl sites for hydroxylation is 1. The largest absolute Gasteiger partial charge is 0.382 e. The molecule has 1 fully saturated rings. The number of hydrogen-bond acceptors (Lipinski definition) is 9. The number of H-pyrrole nitrogens is 1. The molecule has 0 aromatic carbocycles. The van der Waals surface area contributed by atoms with Crippen LogP contribution in [0, 0.1) is 19.4 Å². The molecule has 2 rings (SSSR count). The summed E-state index contributed by atoms with van der Waals surface area (Å²) in [4.78, 5) is 30.8. The van der Waals surface area contributed by atoms with E-state index in [9.17, 15) is 14.2 Å². The lowest BCUT2D eigenvalue weighted by molar-refractivity contribution is -0.0811. The van der Waals surface area contributed by atoms with Crippen LogP contribution in [0.25, 0.3) is 4.85 Å². The van der Waals surface area contributed by atoms with E-state index in [0.29, 0.717) is 18.3 Å². The molecule has 0 spiro atoms. The van der Waals surface area contributed by atoms with Crippen molar-refractivity contribution >= 4 is 15.7 Å². The van der Waals surface area contributed by atoms with Gasteiger partial charge in [-0.3, -0.25) is 14.3 Å². The van der Waals surface area contributed by atoms with Crippen LogP contribution >= 0.6 is 15.7 Å². The van der Waals surface area contributed by atoms with E-state index < -0.39 is 51.5 Å². The topological polar surface area (TPSA) is 126 Å². The van der Waals surface area contributed by atoms with Crippen molar-refractivity contribution in [1.29, 1.82) is 0 Å². The number of nitrogens with one attached hydrogen (secondary N) is 1. The number of nitrogens with zero attached hydrogens (tertiary/aromatic N) is 3. The Labute approximate surface area is 238 Å². The molecule has 0 amide bonds. The van der Waals surface area contributed by atoms with Gasteiger partial charge in [0.15, 0.2) is 6.23 Å². The van der Waals surface area contributed by atoms with Gasteiger partial charge >= 0.3 is 5.69 Å². The van der Waals surface area contributed by atoms with Crippen molar-refractivity contribution in [2.24, 2.45) is 5.92 Å². The molecule has 6 atom stereocenters. The lowest BCUT2D eigenvalue weighted by Crippen LogP contribution is -2.43. The zero-order valence-electron chi connectivity index (χ0n) is 25.2. The average Bonchev–Trinajstić information content (AvgIpc) is 3.18. The van der Waals surface area contributed by atoms with Crippen LogP contribution in [0.2, 0.25) is 0 Å². The third kappa shape index (κ3) is 9.57. The molecule has 14 heteroatoms. The number of rotatable bonds is 16. The molecular weight excluding hydrogens is 558 g/mol. The Morgan fingerprint density at radius 3 is 2.35 bits per heavy atom. The summed E-state index contributed by atoms with van der Waals surface area (Å²) in [6, 6.07) is 0.133. The second-order valence-electron chi connectivity index (χ2n) is 11.1. The summed E-state index contributed by atoms with van der Waals surface area (Å²) in [5.41, 5.74) is -0.769. The van der Waals surface area contributed by atoms with Crippen LogP contribution in [0.15, 0.2) is 15.8 Å². The number of ether oxygens (including phenoxy) is 3. The fourth-order valence-electron chi connectivity index (χ4n) is 4.88. The van der Waals surface area contributed by atoms with Crippen molar-refractivity contribution in [3.05, 3.63) is 44.0 Å². The predicted octanol–water partition coefficient (Wildman–Crippen LogP) is 3.70. The van der Waals surface area contributed by atoms with Gasteiger partial charge in [-0.25, -0.2) is 16.0 Å². The Kier molecular flexibility index (Phi) is 13.7. The molecule has 40 heavy (non-hydrogen) atoms. The SMILES string of the molecule is [C-]#[N+]CCOP(O[C@H]1[C@@H](OCCOC)[C@H](n2cc(C)c(=O)[nH]c2=O)O[C@@H]1[C@@H](C)CP(C)(C)=O)N(C(C)C)C(C)C. The maximum Gasteiger partial charge on any atom is 0.330 e. The Balaban J connectivity index is 2.63. The summed E-state index contributed by atoms with van der Waals surface area (Å²) in [5.74, 6) is -0.226. The van der Waals surface area contributed by atoms with Gasteiger partial charge in [-0.1, -0.05) is 6.92 Å². The number of aromatic nitrogens is 2. The van der Waals surface area contributed by atoms with Gasteiger partial charge in [0.2, 0.25) is 6.54 Å². The van der Waals surface area contributed by atoms with Crippen molar-refractivity contribution in [3.63, 3.8) is 0 Å². The summed E-state index contributed by atoms with van der Waals surface area (Å²) in [6.07, 6.45) is -1.20. The third-order valence-electron chi connectivity index (χ3n) is 6.39. The third-order valence-corrected chi connectivity index (χ3v) is 9.98. The molecule has 2 heterocycles. The molecule has 228 valence electrons. The van der Waals surface area contributed by atoms with Crippen LogP contribution in [-0.2, 0) is 27.8 Å². The Morgan fingerprint density at radius 1 is 1.15 bits per heavy atom. The summed E-state index contributed by atoms with van der Waals surface area (Å²) in [7, 11) is -2.56. The maximum absolute atomic E-state index is 13.0. The second kappa shape index (κ2) is 15.7. The molecule has 1 aromatic rings. The average molecular weight is 605 g/mol. The van der Waals surface area contributed by atoms with Gasteiger partial charge in [0.1, 0.15) is 18.8 Å². The molecule has 1 unspecified atom stereocenters. The molecule has 1 aromatic heterocycles. The highest BCUT2D eigenvalue weighted by molar-refractivity contribution is 7.62. The van der Waals surface area contributed by atoms with E-state index in [4.69, 9.17) is 29.8 Å². The number of hydrogen-bond donors (Lipinski definition) is 1. The van der Waals surface area contributed by atoms with E-state index >= 15 is 0 Å². The first-order valence-corrected chi connectivity index (χ1v) is 17.5. The van der Waals surface area contributed by atoms with Crippen LogP contribution in [0.4, 0.5) is 0 Å². The highest BCUT2D eigenvalue weighted by Gasteiger charge is 2.52. The summed E-state index contributed by atoms with van der Waals surface area (Å²) in [6.45, 7) is 23.3. The van der Waals surface area contributed by atoms with Crippen LogP contribution in [0.1, 0.15) is 46.4 Å². The first kappa shape index (κ1) is 34.8. The first-order chi connectivity index (χ1) is 18.7. The van der Waals surface area contributed by atoms with Gasteiger partial charge in [0.25, 0.3) is 14.1 Å². The van der Waals surface area contributed by atoms with Gasteiger partial charge in [-0.15, -0.1) is 0 Å². The summed E-state index contributed by atoms with van der Waals surface area (Å²) in [5, 5.41) is 0. The highest BCUT2D eigenvalue weighted by Crippen LogP contribution is 2.52. The minimum absolute atomic E-state index is 0.0665. The maximum atomic E-state index is 13.0. The van der Waals surface area contributed by atoms with Crippen LogP contribution in [-0.4, -0.2) is 97.6 Å². The van der Waals surface area contributed by atoms with E-state index in [-0.39, 0.29) is 37.8 Å². The molecular formula is C26H46N4O8P2. The van der Waals surface area contributed by atoms with Crippen molar-refractivity contribution < 1.29 is 27.8 Å². The zero-order valence-corrected chi connectivity index (χ0v) is 26.9. The minimum atomic E-state index is -2.45. The van der Waals surface area contributed by atoms with E-state index in [1.165, 1.54) is 10.8 Å². The quantitative estimate of drug-likeness (QED) is 0.171. The molecule has 1 aliphatic heterocycles. The van der Waals surface area contributed by atoms with Crippen LogP contribution in [0.3, 0.4) is 0 Å². The van der Waals surface area contributed by atoms with Crippen LogP contribution < -0.4 is 11.2 Å². The van der Waals surface area contributed by atoms with Gasteiger partial charge in [-0.05, 0) is 53.9 Å². The second-order valence-corrected chi connectivity index (χ2v) is 16.0. The monoisotopic (exact) mass is 604 g/mol. The molecule has 1 aliphatic rings. The van der Waals surface area contributed by atoms with Crippen molar-refractivity contribution in [2.45, 2.75) is 78.2 Å². The lowest BCUT2D eigenvalue weighted by atomic mass is 10.00. The smallest absolute Gasteiger partial charge is 0.330 e.